The second-order valence-electron chi connectivity index (χ2n) is 5.75. The topological polar surface area (TPSA) is 73.4 Å². The lowest BCUT2D eigenvalue weighted by Gasteiger charge is -2.09. The summed E-state index contributed by atoms with van der Waals surface area (Å²) in [5, 5.41) is 0. The van der Waals surface area contributed by atoms with Crippen molar-refractivity contribution < 1.29 is 9.13 Å². The van der Waals surface area contributed by atoms with Crippen LogP contribution in [0.25, 0.3) is 11.3 Å². The van der Waals surface area contributed by atoms with Crippen molar-refractivity contribution in [3.8, 4) is 5.75 Å². The molecule has 0 unspecified atom stereocenters. The van der Waals surface area contributed by atoms with Crippen LogP contribution in [0.4, 0.5) is 10.2 Å². The molecule has 3 heterocycles. The molecule has 0 aliphatic carbocycles. The summed E-state index contributed by atoms with van der Waals surface area (Å²) in [4.78, 5) is 14.2. The molecule has 0 saturated heterocycles. The summed E-state index contributed by atoms with van der Waals surface area (Å²) in [5.74, 6) is 0.596. The van der Waals surface area contributed by atoms with Gasteiger partial charge in [-0.05, 0) is 29.3 Å². The van der Waals surface area contributed by atoms with Crippen molar-refractivity contribution in [1.29, 1.82) is 0 Å². The van der Waals surface area contributed by atoms with Crippen molar-refractivity contribution in [3.05, 3.63) is 70.1 Å². The minimum absolute atomic E-state index is 0.268. The predicted molar refractivity (Wildman–Crippen MR) is 102 cm³/mol. The maximum atomic E-state index is 13.2. The first-order valence-electron chi connectivity index (χ1n) is 7.91. The Labute approximate surface area is 153 Å². The number of allylic oxidation sites excluding steroid dienone is 1. The van der Waals surface area contributed by atoms with Crippen LogP contribution in [0.1, 0.15) is 22.4 Å². The molecule has 7 heteroatoms. The quantitative estimate of drug-likeness (QED) is 0.757. The number of aromatic nitrogens is 2. The number of benzene rings is 1. The van der Waals surface area contributed by atoms with Gasteiger partial charge in [0.15, 0.2) is 11.6 Å². The second-order valence-corrected chi connectivity index (χ2v) is 6.63. The van der Waals surface area contributed by atoms with Crippen LogP contribution < -0.4 is 10.5 Å². The highest BCUT2D eigenvalue weighted by Gasteiger charge is 2.23. The molecule has 1 aliphatic heterocycles. The molecule has 0 fully saturated rings. The van der Waals surface area contributed by atoms with E-state index in [0.29, 0.717) is 18.0 Å². The third kappa shape index (κ3) is 2.97. The van der Waals surface area contributed by atoms with E-state index in [1.54, 1.807) is 37.1 Å². The summed E-state index contributed by atoms with van der Waals surface area (Å²) >= 11 is 1.52. The van der Waals surface area contributed by atoms with Gasteiger partial charge in [-0.15, -0.1) is 11.3 Å². The number of hydrogen-bond donors (Lipinski definition) is 1. The summed E-state index contributed by atoms with van der Waals surface area (Å²) in [5.41, 5.74) is 12.1. The van der Waals surface area contributed by atoms with Crippen LogP contribution in [0.3, 0.4) is 0 Å². The van der Waals surface area contributed by atoms with Crippen LogP contribution in [0.5, 0.6) is 5.75 Å². The highest BCUT2D eigenvalue weighted by molar-refractivity contribution is 7.10. The molecule has 26 heavy (non-hydrogen) atoms. The van der Waals surface area contributed by atoms with Crippen LogP contribution in [0.15, 0.2) is 53.2 Å². The molecule has 4 rings (SSSR count). The average molecular weight is 366 g/mol. The highest BCUT2D eigenvalue weighted by Crippen LogP contribution is 2.39. The van der Waals surface area contributed by atoms with Gasteiger partial charge >= 0.3 is 0 Å². The van der Waals surface area contributed by atoms with E-state index in [9.17, 15) is 4.39 Å². The molecular weight excluding hydrogens is 351 g/mol. The smallest absolute Gasteiger partial charge is 0.166 e. The molecule has 0 bridgehead atoms. The Balaban J connectivity index is 1.79. The van der Waals surface area contributed by atoms with Crippen LogP contribution in [-0.4, -0.2) is 22.8 Å². The molecule has 0 saturated carbocycles. The van der Waals surface area contributed by atoms with Crippen molar-refractivity contribution in [2.75, 3.05) is 12.8 Å². The van der Waals surface area contributed by atoms with Gasteiger partial charge < -0.3 is 10.5 Å². The molecular formula is C19H15FN4OS. The van der Waals surface area contributed by atoms with Gasteiger partial charge in [0.05, 0.1) is 28.9 Å². The zero-order valence-electron chi connectivity index (χ0n) is 13.9. The highest BCUT2D eigenvalue weighted by atomic mass is 32.1. The Morgan fingerprint density at radius 1 is 1.15 bits per heavy atom. The average Bonchev–Trinajstić information content (AvgIpc) is 3.32. The number of halogens is 1. The van der Waals surface area contributed by atoms with Gasteiger partial charge in [0.1, 0.15) is 5.82 Å². The van der Waals surface area contributed by atoms with Crippen LogP contribution in [0, 0.1) is 5.82 Å². The maximum Gasteiger partial charge on any atom is 0.166 e. The van der Waals surface area contributed by atoms with Crippen molar-refractivity contribution in [1.82, 2.24) is 9.97 Å². The molecule has 3 aromatic rings. The van der Waals surface area contributed by atoms with Crippen LogP contribution >= 0.6 is 11.3 Å². The molecule has 0 atom stereocenters. The van der Waals surface area contributed by atoms with Gasteiger partial charge in [0, 0.05) is 24.4 Å². The van der Waals surface area contributed by atoms with Gasteiger partial charge in [0.25, 0.3) is 0 Å². The normalized spacial score (nSPS) is 13.8. The molecule has 1 aliphatic rings. The molecule has 130 valence electrons. The summed E-state index contributed by atoms with van der Waals surface area (Å²) in [7, 11) is 1.56. The first-order chi connectivity index (χ1) is 12.7. The largest absolute Gasteiger partial charge is 0.493 e. The molecule has 0 radical (unpaired) electrons. The summed E-state index contributed by atoms with van der Waals surface area (Å²) in [6.07, 6.45) is 4.12. The summed E-state index contributed by atoms with van der Waals surface area (Å²) in [6.45, 7) is 0. The first-order valence-corrected chi connectivity index (χ1v) is 8.79. The van der Waals surface area contributed by atoms with E-state index in [0.717, 1.165) is 33.0 Å². The number of methoxy groups -OCH3 is 1. The number of nitrogens with two attached hydrogens (primary N) is 1. The monoisotopic (exact) mass is 366 g/mol. The Hall–Kier alpha value is -3.06. The number of nitrogen functional groups attached to an aromatic ring is 1. The minimum Gasteiger partial charge on any atom is -0.493 e. The van der Waals surface area contributed by atoms with Gasteiger partial charge in [-0.2, -0.15) is 0 Å². The lowest BCUT2D eigenvalue weighted by Crippen LogP contribution is -2.00. The molecule has 0 amide bonds. The first kappa shape index (κ1) is 16.4. The SMILES string of the molecule is COc1cc(C2=C(c3cncs3)N=C(c3ccc(F)cc3)C2)cnc1N. The van der Waals surface area contributed by atoms with Gasteiger partial charge in [-0.1, -0.05) is 12.1 Å². The standard InChI is InChI=1S/C19H15FN4OS/c1-25-16-6-12(8-23-19(16)21)14-7-15(11-2-4-13(20)5-3-11)24-18(14)17-9-22-10-26-17/h2-6,8-10H,7H2,1H3,(H2,21,23). The number of nitrogens with zero attached hydrogens (tertiary/aromatic N) is 3. The molecule has 1 aromatic carbocycles. The van der Waals surface area contributed by atoms with E-state index in [4.69, 9.17) is 15.5 Å². The summed E-state index contributed by atoms with van der Waals surface area (Å²) in [6, 6.07) is 8.22. The van der Waals surface area contributed by atoms with Crippen molar-refractivity contribution in [2.24, 2.45) is 4.99 Å². The lowest BCUT2D eigenvalue weighted by molar-refractivity contribution is 0.415. The Morgan fingerprint density at radius 3 is 2.65 bits per heavy atom. The van der Waals surface area contributed by atoms with Crippen LogP contribution in [-0.2, 0) is 0 Å². The summed E-state index contributed by atoms with van der Waals surface area (Å²) < 4.78 is 18.5. The van der Waals surface area contributed by atoms with Gasteiger partial charge in [-0.3, -0.25) is 9.98 Å². The Morgan fingerprint density at radius 2 is 1.96 bits per heavy atom. The number of rotatable bonds is 4. The molecule has 2 N–H and O–H groups in total. The van der Waals surface area contributed by atoms with Gasteiger partial charge in [-0.25, -0.2) is 9.37 Å². The fraction of sp³-hybridized carbons (Fsp3) is 0.105. The van der Waals surface area contributed by atoms with E-state index >= 15 is 0 Å². The lowest BCUT2D eigenvalue weighted by atomic mass is 9.98. The minimum atomic E-state index is -0.268. The van der Waals surface area contributed by atoms with Crippen molar-refractivity contribution >= 4 is 34.1 Å². The van der Waals surface area contributed by atoms with E-state index in [1.165, 1.54) is 23.5 Å². The number of thiazole rings is 1. The number of hydrogen-bond acceptors (Lipinski definition) is 6. The fourth-order valence-corrected chi connectivity index (χ4v) is 3.50. The zero-order chi connectivity index (χ0) is 18.1. The predicted octanol–water partition coefficient (Wildman–Crippen LogP) is 4.03. The van der Waals surface area contributed by atoms with E-state index < -0.39 is 0 Å². The van der Waals surface area contributed by atoms with Crippen LogP contribution in [0.2, 0.25) is 0 Å². The third-order valence-electron chi connectivity index (χ3n) is 4.17. The van der Waals surface area contributed by atoms with E-state index in [-0.39, 0.29) is 5.82 Å². The second kappa shape index (κ2) is 6.68. The molecule has 0 spiro atoms. The zero-order valence-corrected chi connectivity index (χ0v) is 14.8. The van der Waals surface area contributed by atoms with Gasteiger partial charge in [0.2, 0.25) is 0 Å². The maximum absolute atomic E-state index is 13.2. The Kier molecular flexibility index (Phi) is 4.22. The number of ether oxygens (including phenoxy) is 1. The Bertz CT molecular complexity index is 1010. The third-order valence-corrected chi connectivity index (χ3v) is 4.95. The van der Waals surface area contributed by atoms with Crippen molar-refractivity contribution in [2.45, 2.75) is 6.42 Å². The van der Waals surface area contributed by atoms with Crippen molar-refractivity contribution in [3.63, 3.8) is 0 Å². The molecule has 2 aromatic heterocycles. The van der Waals surface area contributed by atoms with E-state index in [1.807, 2.05) is 6.07 Å². The van der Waals surface area contributed by atoms with E-state index in [2.05, 4.69) is 9.97 Å². The number of anilines is 1. The molecule has 5 nitrogen and oxygen atoms in total. The number of aliphatic imine (C=N–C) groups is 1. The number of pyridine rings is 1. The fourth-order valence-electron chi connectivity index (χ4n) is 2.86.